The van der Waals surface area contributed by atoms with Crippen molar-refractivity contribution in [1.29, 1.82) is 0 Å². The summed E-state index contributed by atoms with van der Waals surface area (Å²) in [5.74, 6) is 0. The molecule has 0 heterocycles. The van der Waals surface area contributed by atoms with Crippen LogP contribution in [-0.2, 0) is 37.5 Å². The van der Waals surface area contributed by atoms with Gasteiger partial charge in [0.1, 0.15) is 0 Å². The fourth-order valence-corrected chi connectivity index (χ4v) is 26.2. The Balaban J connectivity index is 1.53. The van der Waals surface area contributed by atoms with E-state index in [4.69, 9.17) is 0 Å². The predicted octanol–water partition coefficient (Wildman–Crippen LogP) is 13.7. The number of hydrogen-bond acceptors (Lipinski definition) is 0. The van der Waals surface area contributed by atoms with Crippen molar-refractivity contribution < 1.29 is 20.3 Å². The van der Waals surface area contributed by atoms with Crippen molar-refractivity contribution in [3.05, 3.63) is 142 Å². The Morgan fingerprint density at radius 2 is 1.30 bits per heavy atom. The molecule has 0 radical (unpaired) electrons. The molecule has 0 spiro atoms. The quantitative estimate of drug-likeness (QED) is 0.139. The zero-order valence-corrected chi connectivity index (χ0v) is 34.7. The van der Waals surface area contributed by atoms with Gasteiger partial charge in [0.05, 0.1) is 0 Å². The second kappa shape index (κ2) is 13.5. The molecule has 0 bridgehead atoms. The molecule has 5 aromatic carbocycles. The van der Waals surface area contributed by atoms with Crippen LogP contribution in [0.3, 0.4) is 0 Å². The molecule has 0 aromatic heterocycles. The van der Waals surface area contributed by atoms with Crippen LogP contribution in [0, 0.1) is 6.92 Å². The Morgan fingerprint density at radius 1 is 0.640 bits per heavy atom. The molecule has 0 amide bonds. The number of fused-ring (bicyclic) bond motifs is 5. The SMILES string of the molecule is CCC[CH2][Zr]([CH2]CCC)([c]1c(C(C)(C)C)ccc2c1Cc1cc(C(C)(C)C)ccc1-2)[CH]1C=C(c2cccc3c(C)cccc23)c2ccccc21. The van der Waals surface area contributed by atoms with Crippen LogP contribution in [0.4, 0.5) is 0 Å². The number of rotatable bonds is 9. The molecule has 1 unspecified atom stereocenters. The maximum atomic E-state index is 2.83. The molecule has 0 aliphatic heterocycles. The molecule has 0 fully saturated rings. The van der Waals surface area contributed by atoms with Crippen molar-refractivity contribution in [2.45, 2.75) is 117 Å². The molecule has 0 nitrogen and oxygen atoms in total. The van der Waals surface area contributed by atoms with E-state index in [1.165, 1.54) is 83.7 Å². The molecule has 0 saturated heterocycles. The van der Waals surface area contributed by atoms with Gasteiger partial charge < -0.3 is 0 Å². The van der Waals surface area contributed by atoms with Crippen LogP contribution in [0.2, 0.25) is 8.26 Å². The summed E-state index contributed by atoms with van der Waals surface area (Å²) in [4.78, 5) is 0. The van der Waals surface area contributed by atoms with Gasteiger partial charge in [0.2, 0.25) is 0 Å². The van der Waals surface area contributed by atoms with Gasteiger partial charge in [-0.1, -0.05) is 0 Å². The van der Waals surface area contributed by atoms with Crippen molar-refractivity contribution in [2.24, 2.45) is 0 Å². The molecule has 5 aromatic rings. The van der Waals surface area contributed by atoms with Crippen LogP contribution in [0.1, 0.15) is 129 Å². The van der Waals surface area contributed by atoms with E-state index in [0.717, 1.165) is 6.42 Å². The van der Waals surface area contributed by atoms with Crippen molar-refractivity contribution in [1.82, 2.24) is 0 Å². The number of unbranched alkanes of at least 4 members (excludes halogenated alkanes) is 2. The first kappa shape index (κ1) is 35.4. The predicted molar refractivity (Wildman–Crippen MR) is 216 cm³/mol. The summed E-state index contributed by atoms with van der Waals surface area (Å²) < 4.78 is 5.21. The summed E-state index contributed by atoms with van der Waals surface area (Å²) in [6.45, 7) is 21.6. The van der Waals surface area contributed by atoms with Crippen LogP contribution in [0.25, 0.3) is 27.5 Å². The zero-order chi connectivity index (χ0) is 35.4. The molecular formula is C49H58Zr. The molecule has 0 N–H and O–H groups in total. The van der Waals surface area contributed by atoms with Crippen LogP contribution >= 0.6 is 0 Å². The second-order valence-corrected chi connectivity index (χ2v) is 28.4. The average molecular weight is 738 g/mol. The van der Waals surface area contributed by atoms with Crippen molar-refractivity contribution in [2.75, 3.05) is 0 Å². The number of hydrogen-bond donors (Lipinski definition) is 0. The number of benzene rings is 5. The van der Waals surface area contributed by atoms with E-state index in [0.29, 0.717) is 3.63 Å². The first-order valence-electron chi connectivity index (χ1n) is 19.5. The summed E-state index contributed by atoms with van der Waals surface area (Å²) >= 11 is -3.41. The molecule has 50 heavy (non-hydrogen) atoms. The van der Waals surface area contributed by atoms with Gasteiger partial charge >= 0.3 is 310 Å². The summed E-state index contributed by atoms with van der Waals surface area (Å²) in [6.07, 6.45) is 9.07. The van der Waals surface area contributed by atoms with Gasteiger partial charge in [-0.3, -0.25) is 0 Å². The molecule has 1 heteroatoms. The van der Waals surface area contributed by atoms with E-state index >= 15 is 0 Å². The van der Waals surface area contributed by atoms with Gasteiger partial charge in [0.15, 0.2) is 0 Å². The third-order valence-corrected chi connectivity index (χ3v) is 26.2. The van der Waals surface area contributed by atoms with E-state index < -0.39 is 20.3 Å². The summed E-state index contributed by atoms with van der Waals surface area (Å²) in [5.41, 5.74) is 16.9. The summed E-state index contributed by atoms with van der Waals surface area (Å²) in [6, 6.07) is 35.9. The topological polar surface area (TPSA) is 0 Å². The standard InChI is InChI=1S/C21H25.C20H15.2C4H9.Zr/c1-20(2,3)16-7-9-18-14(12-16)11-15-13-17(21(4,5)6)8-10-19(15)18;1-14-6-4-10-18-16(14)9-5-11-19(18)20-13-12-15-7-2-3-8-17(15)20;2*1-3-4-2;/h7-10,12H,11H2,1-6H3;2-13H,1H3;2*1,3-4H2,2H3;. The normalized spacial score (nSPS) is 15.6. The Bertz CT molecular complexity index is 2090. The van der Waals surface area contributed by atoms with Crippen molar-refractivity contribution >= 4 is 19.6 Å². The summed E-state index contributed by atoms with van der Waals surface area (Å²) in [7, 11) is 0. The van der Waals surface area contributed by atoms with Crippen LogP contribution < -0.4 is 3.27 Å². The van der Waals surface area contributed by atoms with Gasteiger partial charge in [-0.15, -0.1) is 0 Å². The third kappa shape index (κ3) is 6.04. The monoisotopic (exact) mass is 736 g/mol. The van der Waals surface area contributed by atoms with Gasteiger partial charge in [-0.2, -0.15) is 0 Å². The molecule has 2 aliphatic carbocycles. The van der Waals surface area contributed by atoms with Gasteiger partial charge in [0, 0.05) is 0 Å². The molecule has 2 aliphatic rings. The van der Waals surface area contributed by atoms with Crippen LogP contribution in [0.5, 0.6) is 0 Å². The Labute approximate surface area is 307 Å². The Morgan fingerprint density at radius 3 is 2.00 bits per heavy atom. The molecule has 7 rings (SSSR count). The molecule has 258 valence electrons. The van der Waals surface area contributed by atoms with Crippen molar-refractivity contribution in [3.63, 3.8) is 0 Å². The minimum atomic E-state index is -3.41. The minimum absolute atomic E-state index is 0.0775. The van der Waals surface area contributed by atoms with Crippen LogP contribution in [-0.4, -0.2) is 0 Å². The summed E-state index contributed by atoms with van der Waals surface area (Å²) in [5, 5.41) is 2.76. The molecule has 1 atom stereocenters. The Hall–Kier alpha value is -3.02. The van der Waals surface area contributed by atoms with Gasteiger partial charge in [-0.25, -0.2) is 0 Å². The van der Waals surface area contributed by atoms with E-state index in [1.807, 2.05) is 3.27 Å². The molecular weight excluding hydrogens is 680 g/mol. The first-order valence-corrected chi connectivity index (χ1v) is 25.6. The van der Waals surface area contributed by atoms with E-state index in [9.17, 15) is 0 Å². The Kier molecular flexibility index (Phi) is 9.56. The fourth-order valence-electron chi connectivity index (χ4n) is 9.52. The number of allylic oxidation sites excluding steroid dienone is 1. The van der Waals surface area contributed by atoms with Gasteiger partial charge in [0.25, 0.3) is 0 Å². The molecule has 0 saturated carbocycles. The maximum absolute atomic E-state index is 3.41. The number of aryl methyl sites for hydroxylation is 1. The fraction of sp³-hybridized carbons (Fsp3) is 0.388. The van der Waals surface area contributed by atoms with Crippen LogP contribution in [0.15, 0.2) is 97.1 Å². The first-order chi connectivity index (χ1) is 23.9. The second-order valence-electron chi connectivity index (χ2n) is 17.5. The third-order valence-electron chi connectivity index (χ3n) is 12.1. The van der Waals surface area contributed by atoms with Crippen molar-refractivity contribution in [3.8, 4) is 11.1 Å². The average Bonchev–Trinajstić information content (AvgIpc) is 3.66. The van der Waals surface area contributed by atoms with E-state index in [-0.39, 0.29) is 10.8 Å². The van der Waals surface area contributed by atoms with E-state index in [1.54, 1.807) is 22.3 Å². The van der Waals surface area contributed by atoms with Gasteiger partial charge in [-0.05, 0) is 0 Å². The zero-order valence-electron chi connectivity index (χ0n) is 32.3. The van der Waals surface area contributed by atoms with E-state index in [2.05, 4.69) is 159 Å².